The fourth-order valence-corrected chi connectivity index (χ4v) is 4.65. The molecular formula is C16H20F3N3O2S2. The van der Waals surface area contributed by atoms with E-state index in [0.29, 0.717) is 11.1 Å². The fraction of sp³-hybridized carbons (Fsp3) is 0.562. The number of nitrogens with two attached hydrogens (primary N) is 1. The zero-order chi connectivity index (χ0) is 19.5. The van der Waals surface area contributed by atoms with Crippen LogP contribution in [0.15, 0.2) is 5.16 Å². The van der Waals surface area contributed by atoms with E-state index in [1.807, 2.05) is 11.3 Å². The van der Waals surface area contributed by atoms with E-state index in [0.717, 1.165) is 21.8 Å². The Balaban J connectivity index is 0.000000298. The highest BCUT2D eigenvalue weighted by atomic mass is 32.2. The van der Waals surface area contributed by atoms with E-state index in [-0.39, 0.29) is 0 Å². The first-order valence-corrected chi connectivity index (χ1v) is 9.83. The molecule has 0 saturated heterocycles. The molecule has 0 aliphatic heterocycles. The first kappa shape index (κ1) is 20.8. The third-order valence-corrected chi connectivity index (χ3v) is 5.71. The van der Waals surface area contributed by atoms with Crippen LogP contribution in [-0.4, -0.2) is 32.5 Å². The van der Waals surface area contributed by atoms with Gasteiger partial charge < -0.3 is 10.8 Å². The molecule has 0 unspecified atom stereocenters. The monoisotopic (exact) mass is 407 g/mol. The average Bonchev–Trinajstić information content (AvgIpc) is 2.69. The van der Waals surface area contributed by atoms with Crippen LogP contribution >= 0.6 is 23.1 Å². The van der Waals surface area contributed by atoms with Gasteiger partial charge in [0, 0.05) is 10.1 Å². The molecule has 1 aliphatic carbocycles. The topological polar surface area (TPSA) is 89.1 Å². The van der Waals surface area contributed by atoms with E-state index >= 15 is 0 Å². The predicted molar refractivity (Wildman–Crippen MR) is 97.8 cm³/mol. The van der Waals surface area contributed by atoms with Gasteiger partial charge >= 0.3 is 12.1 Å². The number of aliphatic carboxylic acids is 1. The second-order valence-electron chi connectivity index (χ2n) is 6.11. The summed E-state index contributed by atoms with van der Waals surface area (Å²) in [6.45, 7) is 4.30. The minimum Gasteiger partial charge on any atom is -0.475 e. The molecule has 2 aromatic heterocycles. The number of thioether (sulfide) groups is 1. The maximum atomic E-state index is 10.6. The second-order valence-corrected chi connectivity index (χ2v) is 8.73. The van der Waals surface area contributed by atoms with Crippen molar-refractivity contribution in [2.45, 2.75) is 62.5 Å². The number of hydrogen-bond donors (Lipinski definition) is 2. The molecule has 5 nitrogen and oxygen atoms in total. The Hall–Kier alpha value is -1.55. The lowest BCUT2D eigenvalue weighted by molar-refractivity contribution is -0.192. The number of nitrogens with zero attached hydrogens (tertiary/aromatic N) is 2. The number of nitrogen functional groups attached to an aromatic ring is 1. The Bertz CT molecular complexity index is 791. The SMILES string of the molecule is CC(C)Sc1nc(N)c2c3c(sc2n1)CCCCC3.O=C(O)C(F)(F)F. The molecule has 0 radical (unpaired) electrons. The van der Waals surface area contributed by atoms with Crippen LogP contribution in [0.1, 0.15) is 43.6 Å². The van der Waals surface area contributed by atoms with Crippen LogP contribution in [0.4, 0.5) is 19.0 Å². The molecule has 2 aromatic rings. The van der Waals surface area contributed by atoms with Gasteiger partial charge in [0.2, 0.25) is 0 Å². The summed E-state index contributed by atoms with van der Waals surface area (Å²) < 4.78 is 31.7. The second kappa shape index (κ2) is 8.43. The lowest BCUT2D eigenvalue weighted by Crippen LogP contribution is -2.21. The average molecular weight is 407 g/mol. The van der Waals surface area contributed by atoms with Gasteiger partial charge in [0.05, 0.1) is 5.39 Å². The first-order chi connectivity index (χ1) is 12.1. The van der Waals surface area contributed by atoms with Crippen molar-refractivity contribution in [1.29, 1.82) is 0 Å². The lowest BCUT2D eigenvalue weighted by Gasteiger charge is -2.05. The molecule has 0 atom stereocenters. The third-order valence-electron chi connectivity index (χ3n) is 3.66. The summed E-state index contributed by atoms with van der Waals surface area (Å²) in [5, 5.41) is 9.56. The van der Waals surface area contributed by atoms with Crippen molar-refractivity contribution in [3.8, 4) is 0 Å². The number of rotatable bonds is 2. The van der Waals surface area contributed by atoms with Crippen LogP contribution in [0.25, 0.3) is 10.2 Å². The van der Waals surface area contributed by atoms with E-state index in [1.165, 1.54) is 36.1 Å². The molecule has 3 rings (SSSR count). The van der Waals surface area contributed by atoms with Crippen molar-refractivity contribution < 1.29 is 23.1 Å². The highest BCUT2D eigenvalue weighted by Crippen LogP contribution is 2.38. The zero-order valence-corrected chi connectivity index (χ0v) is 16.0. The highest BCUT2D eigenvalue weighted by Gasteiger charge is 2.38. The van der Waals surface area contributed by atoms with Gasteiger partial charge in [-0.15, -0.1) is 11.3 Å². The van der Waals surface area contributed by atoms with Crippen LogP contribution in [0.3, 0.4) is 0 Å². The van der Waals surface area contributed by atoms with Crippen molar-refractivity contribution in [2.24, 2.45) is 0 Å². The predicted octanol–water partition coefficient (Wildman–Crippen LogP) is 4.68. The van der Waals surface area contributed by atoms with E-state index in [2.05, 4.69) is 18.8 Å². The van der Waals surface area contributed by atoms with Crippen LogP contribution < -0.4 is 5.73 Å². The molecule has 0 amide bonds. The maximum Gasteiger partial charge on any atom is 0.490 e. The zero-order valence-electron chi connectivity index (χ0n) is 14.4. The summed E-state index contributed by atoms with van der Waals surface area (Å²) in [6.07, 6.45) is 1.12. The molecule has 0 saturated carbocycles. The van der Waals surface area contributed by atoms with E-state index in [4.69, 9.17) is 20.6 Å². The molecule has 0 aromatic carbocycles. The Morgan fingerprint density at radius 1 is 1.23 bits per heavy atom. The lowest BCUT2D eigenvalue weighted by atomic mass is 10.1. The number of halogens is 3. The minimum atomic E-state index is -5.08. The highest BCUT2D eigenvalue weighted by molar-refractivity contribution is 7.99. The molecule has 0 fully saturated rings. The molecule has 144 valence electrons. The van der Waals surface area contributed by atoms with Gasteiger partial charge in [-0.25, -0.2) is 14.8 Å². The number of anilines is 1. The van der Waals surface area contributed by atoms with Gasteiger partial charge in [-0.2, -0.15) is 13.2 Å². The summed E-state index contributed by atoms with van der Waals surface area (Å²) >= 11 is 3.51. The van der Waals surface area contributed by atoms with E-state index in [1.54, 1.807) is 11.8 Å². The van der Waals surface area contributed by atoms with E-state index in [9.17, 15) is 13.2 Å². The maximum absolute atomic E-state index is 10.6. The molecule has 10 heteroatoms. The summed E-state index contributed by atoms with van der Waals surface area (Å²) in [5.41, 5.74) is 7.62. The van der Waals surface area contributed by atoms with E-state index < -0.39 is 12.1 Å². The minimum absolute atomic E-state index is 0.481. The smallest absolute Gasteiger partial charge is 0.475 e. The summed E-state index contributed by atoms with van der Waals surface area (Å²) in [4.78, 5) is 20.7. The number of carboxylic acid groups (broad SMARTS) is 1. The van der Waals surface area contributed by atoms with Crippen LogP contribution in [0.2, 0.25) is 0 Å². The molecule has 2 heterocycles. The van der Waals surface area contributed by atoms with Crippen LogP contribution in [0.5, 0.6) is 0 Å². The van der Waals surface area contributed by atoms with Crippen molar-refractivity contribution in [2.75, 3.05) is 5.73 Å². The molecule has 3 N–H and O–H groups in total. The number of aromatic nitrogens is 2. The molecular weight excluding hydrogens is 387 g/mol. The van der Waals surface area contributed by atoms with Crippen molar-refractivity contribution in [3.05, 3.63) is 10.4 Å². The first-order valence-electron chi connectivity index (χ1n) is 8.14. The van der Waals surface area contributed by atoms with Crippen molar-refractivity contribution in [1.82, 2.24) is 9.97 Å². The molecule has 0 spiro atoms. The summed E-state index contributed by atoms with van der Waals surface area (Å²) in [6, 6.07) is 0. The van der Waals surface area contributed by atoms with Gasteiger partial charge in [-0.05, 0) is 31.2 Å². The largest absolute Gasteiger partial charge is 0.490 e. The molecule has 26 heavy (non-hydrogen) atoms. The van der Waals surface area contributed by atoms with Gasteiger partial charge in [-0.1, -0.05) is 32.0 Å². The van der Waals surface area contributed by atoms with Crippen molar-refractivity contribution >= 4 is 45.1 Å². The number of carbonyl (C=O) groups is 1. The number of carboxylic acids is 1. The number of aryl methyl sites for hydroxylation is 2. The Morgan fingerprint density at radius 2 is 1.85 bits per heavy atom. The van der Waals surface area contributed by atoms with Gasteiger partial charge in [0.15, 0.2) is 5.16 Å². The Kier molecular flexibility index (Phi) is 6.73. The van der Waals surface area contributed by atoms with Crippen molar-refractivity contribution in [3.63, 3.8) is 0 Å². The standard InChI is InChI=1S/C14H19N3S2.C2HF3O2/c1-8(2)18-14-16-12(15)11-9-6-4-3-5-7-10(9)19-13(11)17-14;3-2(4,5)1(6)7/h8H,3-7H2,1-2H3,(H2,15,16,17);(H,6,7). The molecule has 0 bridgehead atoms. The fourth-order valence-electron chi connectivity index (χ4n) is 2.61. The normalized spacial score (nSPS) is 14.5. The number of hydrogen-bond acceptors (Lipinski definition) is 6. The number of fused-ring (bicyclic) bond motifs is 3. The molecule has 1 aliphatic rings. The van der Waals surface area contributed by atoms with Crippen LogP contribution in [0, 0.1) is 0 Å². The van der Waals surface area contributed by atoms with Gasteiger partial charge in [0.25, 0.3) is 0 Å². The number of thiophene rings is 1. The van der Waals surface area contributed by atoms with Crippen LogP contribution in [-0.2, 0) is 17.6 Å². The summed E-state index contributed by atoms with van der Waals surface area (Å²) in [5.74, 6) is -2.08. The van der Waals surface area contributed by atoms with Gasteiger partial charge in [0.1, 0.15) is 10.6 Å². The quantitative estimate of drug-likeness (QED) is 0.427. The number of alkyl halides is 3. The Morgan fingerprint density at radius 3 is 2.42 bits per heavy atom. The van der Waals surface area contributed by atoms with Gasteiger partial charge in [-0.3, -0.25) is 0 Å². The Labute approximate surface area is 157 Å². The summed E-state index contributed by atoms with van der Waals surface area (Å²) in [7, 11) is 0. The third kappa shape index (κ3) is 5.23.